The molecule has 1 rings (SSSR count). The number of para-hydroxylation sites is 1. The third-order valence-electron chi connectivity index (χ3n) is 3.38. The third-order valence-corrected chi connectivity index (χ3v) is 6.44. The van der Waals surface area contributed by atoms with Crippen LogP contribution in [0.5, 0.6) is 5.75 Å². The molecule has 1 aromatic carbocycles. The summed E-state index contributed by atoms with van der Waals surface area (Å²) in [6.07, 6.45) is 0.768. The molecular weight excluding hydrogens is 326 g/mol. The summed E-state index contributed by atoms with van der Waals surface area (Å²) in [5.41, 5.74) is 0.349. The molecule has 0 aliphatic heterocycles. The van der Waals surface area contributed by atoms with Crippen LogP contribution in [0.15, 0.2) is 24.3 Å². The highest BCUT2D eigenvalue weighted by molar-refractivity contribution is 6.66. The maximum atomic E-state index is 12.3. The van der Waals surface area contributed by atoms with Gasteiger partial charge in [0.05, 0.1) is 5.56 Å². The molecule has 134 valence electrons. The molecule has 0 radical (unpaired) electrons. The minimum atomic E-state index is -2.15. The summed E-state index contributed by atoms with van der Waals surface area (Å²) < 4.78 is 16.6. The number of benzene rings is 1. The predicted molar refractivity (Wildman–Crippen MR) is 94.4 cm³/mol. The highest BCUT2D eigenvalue weighted by Crippen LogP contribution is 2.18. The van der Waals surface area contributed by atoms with Crippen LogP contribution in [0.4, 0.5) is 0 Å². The lowest BCUT2D eigenvalue weighted by atomic mass is 10.2. The average Bonchev–Trinajstić information content (AvgIpc) is 2.52. The van der Waals surface area contributed by atoms with Gasteiger partial charge in [-0.3, -0.25) is 9.59 Å². The van der Waals surface area contributed by atoms with Crippen molar-refractivity contribution < 1.29 is 23.2 Å². The van der Waals surface area contributed by atoms with Crippen LogP contribution in [0.25, 0.3) is 0 Å². The van der Waals surface area contributed by atoms with E-state index < -0.39 is 14.5 Å². The van der Waals surface area contributed by atoms with Crippen LogP contribution in [0.1, 0.15) is 37.6 Å². The molecule has 0 spiro atoms. The van der Waals surface area contributed by atoms with Crippen molar-refractivity contribution in [1.82, 2.24) is 5.32 Å². The maximum absolute atomic E-state index is 12.3. The lowest BCUT2D eigenvalue weighted by molar-refractivity contribution is -0.131. The van der Waals surface area contributed by atoms with E-state index >= 15 is 0 Å². The Hall–Kier alpha value is -1.70. The molecule has 6 nitrogen and oxygen atoms in total. The number of carbonyl (C=O) groups excluding carboxylic acids is 2. The molecule has 0 atom stereocenters. The Labute approximate surface area is 144 Å². The Balaban J connectivity index is 2.53. The highest BCUT2D eigenvalue weighted by atomic mass is 28.4. The predicted octanol–water partition coefficient (Wildman–Crippen LogP) is 2.88. The Morgan fingerprint density at radius 2 is 1.75 bits per heavy atom. The number of hydrogen-bond donors (Lipinski definition) is 1. The first kappa shape index (κ1) is 20.3. The molecule has 24 heavy (non-hydrogen) atoms. The molecule has 1 N–H and O–H groups in total. The quantitative estimate of drug-likeness (QED) is 0.303. The van der Waals surface area contributed by atoms with E-state index in [9.17, 15) is 9.59 Å². The van der Waals surface area contributed by atoms with Gasteiger partial charge in [-0.2, -0.15) is 0 Å². The number of esters is 1. The zero-order valence-electron chi connectivity index (χ0n) is 14.9. The average molecular weight is 353 g/mol. The molecule has 0 saturated carbocycles. The number of hydrogen-bond acceptors (Lipinski definition) is 5. The van der Waals surface area contributed by atoms with Gasteiger partial charge in [-0.15, -0.1) is 0 Å². The summed E-state index contributed by atoms with van der Waals surface area (Å²) >= 11 is 0. The second kappa shape index (κ2) is 10.2. The minimum Gasteiger partial charge on any atom is -0.426 e. The molecule has 0 fully saturated rings. The zero-order chi connectivity index (χ0) is 18.0. The smallest absolute Gasteiger partial charge is 0.334 e. The molecule has 1 aromatic rings. The molecule has 0 aliphatic rings. The van der Waals surface area contributed by atoms with E-state index in [1.807, 2.05) is 20.4 Å². The van der Waals surface area contributed by atoms with Crippen LogP contribution in [0.2, 0.25) is 12.6 Å². The fraction of sp³-hybridized carbons (Fsp3) is 0.529. The van der Waals surface area contributed by atoms with E-state index in [-0.39, 0.29) is 11.7 Å². The molecule has 1 amide bonds. The van der Waals surface area contributed by atoms with Crippen molar-refractivity contribution in [2.24, 2.45) is 0 Å². The van der Waals surface area contributed by atoms with E-state index in [0.717, 1.165) is 12.5 Å². The number of carbonyl (C=O) groups is 2. The Kier molecular flexibility index (Phi) is 8.66. The van der Waals surface area contributed by atoms with Crippen LogP contribution in [-0.4, -0.2) is 40.2 Å². The van der Waals surface area contributed by atoms with Crippen LogP contribution in [0.3, 0.4) is 0 Å². The Morgan fingerprint density at radius 1 is 1.12 bits per heavy atom. The zero-order valence-corrected chi connectivity index (χ0v) is 15.9. The van der Waals surface area contributed by atoms with Gasteiger partial charge >= 0.3 is 14.5 Å². The van der Waals surface area contributed by atoms with E-state index in [4.69, 9.17) is 13.6 Å². The first-order valence-corrected chi connectivity index (χ1v) is 10.8. The van der Waals surface area contributed by atoms with Crippen molar-refractivity contribution in [3.8, 4) is 5.75 Å². The van der Waals surface area contributed by atoms with Gasteiger partial charge < -0.3 is 18.9 Å². The summed E-state index contributed by atoms with van der Waals surface area (Å²) in [7, 11) is -2.15. The van der Waals surface area contributed by atoms with Gasteiger partial charge in [0.25, 0.3) is 5.91 Å². The van der Waals surface area contributed by atoms with Gasteiger partial charge in [-0.25, -0.2) is 0 Å². The Bertz CT molecular complexity index is 544. The summed E-state index contributed by atoms with van der Waals surface area (Å²) in [6.45, 7) is 9.03. The Morgan fingerprint density at radius 3 is 2.33 bits per heavy atom. The van der Waals surface area contributed by atoms with Crippen LogP contribution < -0.4 is 10.1 Å². The van der Waals surface area contributed by atoms with Crippen molar-refractivity contribution >= 4 is 20.4 Å². The summed E-state index contributed by atoms with van der Waals surface area (Å²) in [6, 6.07) is 7.49. The summed E-state index contributed by atoms with van der Waals surface area (Å²) in [4.78, 5) is 23.4. The fourth-order valence-corrected chi connectivity index (χ4v) is 4.81. The molecular formula is C17H27NO5Si. The first-order chi connectivity index (χ1) is 11.4. The molecule has 7 heteroatoms. The second-order valence-electron chi connectivity index (χ2n) is 5.45. The van der Waals surface area contributed by atoms with Gasteiger partial charge in [0.2, 0.25) is 0 Å². The molecule has 0 unspecified atom stereocenters. The van der Waals surface area contributed by atoms with Crippen LogP contribution >= 0.6 is 0 Å². The number of nitrogens with one attached hydrogen (secondary N) is 1. The first-order valence-electron chi connectivity index (χ1n) is 8.25. The van der Waals surface area contributed by atoms with E-state index in [2.05, 4.69) is 5.32 Å². The van der Waals surface area contributed by atoms with Crippen LogP contribution in [0, 0.1) is 0 Å². The van der Waals surface area contributed by atoms with E-state index in [0.29, 0.717) is 25.3 Å². The van der Waals surface area contributed by atoms with Gasteiger partial charge in [0.1, 0.15) is 5.75 Å². The summed E-state index contributed by atoms with van der Waals surface area (Å²) in [5.74, 6) is -0.446. The monoisotopic (exact) mass is 353 g/mol. The molecule has 0 aromatic heterocycles. The SMILES string of the molecule is CCO[Si](C)(CCCNC(=O)c1ccccc1OC(C)=O)OCC. The number of rotatable bonds is 10. The van der Waals surface area contributed by atoms with E-state index in [1.165, 1.54) is 6.92 Å². The van der Waals surface area contributed by atoms with Crippen molar-refractivity contribution in [1.29, 1.82) is 0 Å². The standard InChI is InChI=1S/C17H27NO5Si/c1-5-21-24(4,22-6-2)13-9-12-18-17(20)15-10-7-8-11-16(15)23-14(3)19/h7-8,10-11H,5-6,9,12-13H2,1-4H3,(H,18,20). The number of amides is 1. The van der Waals surface area contributed by atoms with Gasteiger partial charge in [-0.05, 0) is 45.0 Å². The molecule has 0 saturated heterocycles. The number of ether oxygens (including phenoxy) is 1. The second-order valence-corrected chi connectivity index (χ2v) is 8.79. The molecule has 0 bridgehead atoms. The summed E-state index contributed by atoms with van der Waals surface area (Å²) in [5, 5.41) is 2.85. The third kappa shape index (κ3) is 6.82. The molecule has 0 heterocycles. The lowest BCUT2D eigenvalue weighted by Gasteiger charge is -2.25. The van der Waals surface area contributed by atoms with Gasteiger partial charge in [-0.1, -0.05) is 12.1 Å². The fourth-order valence-electron chi connectivity index (χ4n) is 2.40. The minimum absolute atomic E-state index is 0.261. The lowest BCUT2D eigenvalue weighted by Crippen LogP contribution is -2.39. The van der Waals surface area contributed by atoms with Gasteiger partial charge in [0.15, 0.2) is 0 Å². The topological polar surface area (TPSA) is 73.9 Å². The largest absolute Gasteiger partial charge is 0.426 e. The van der Waals surface area contributed by atoms with Crippen molar-refractivity contribution in [3.05, 3.63) is 29.8 Å². The van der Waals surface area contributed by atoms with Crippen molar-refractivity contribution in [3.63, 3.8) is 0 Å². The maximum Gasteiger partial charge on any atom is 0.334 e. The van der Waals surface area contributed by atoms with E-state index in [1.54, 1.807) is 24.3 Å². The van der Waals surface area contributed by atoms with Crippen molar-refractivity contribution in [2.75, 3.05) is 19.8 Å². The molecule has 0 aliphatic carbocycles. The van der Waals surface area contributed by atoms with Crippen molar-refractivity contribution in [2.45, 2.75) is 39.8 Å². The van der Waals surface area contributed by atoms with Crippen LogP contribution in [-0.2, 0) is 13.6 Å². The van der Waals surface area contributed by atoms with Gasteiger partial charge in [0, 0.05) is 26.7 Å². The highest BCUT2D eigenvalue weighted by Gasteiger charge is 2.29. The normalized spacial score (nSPS) is 11.2.